The Kier molecular flexibility index (Phi) is 4.17. The fourth-order valence-corrected chi connectivity index (χ4v) is 1.87. The van der Waals surface area contributed by atoms with E-state index in [1.165, 1.54) is 6.07 Å². The summed E-state index contributed by atoms with van der Waals surface area (Å²) in [5.74, 6) is 6.13. The van der Waals surface area contributed by atoms with Gasteiger partial charge in [0.25, 0.3) is 0 Å². The van der Waals surface area contributed by atoms with Crippen molar-refractivity contribution in [2.24, 2.45) is 0 Å². The summed E-state index contributed by atoms with van der Waals surface area (Å²) in [4.78, 5) is 5.05. The van der Waals surface area contributed by atoms with Crippen LogP contribution in [0.25, 0.3) is 0 Å². The largest absolute Gasteiger partial charge is 0.265 e. The fraction of sp³-hybridized carbons (Fsp3) is 0.0714. The highest BCUT2D eigenvalue weighted by Crippen LogP contribution is 2.15. The second-order valence-corrected chi connectivity index (χ2v) is 4.30. The maximum atomic E-state index is 13.2. The molecular formula is C14H10FNS. The zero-order valence-corrected chi connectivity index (χ0v) is 9.88. The van der Waals surface area contributed by atoms with Crippen molar-refractivity contribution >= 4 is 11.8 Å². The van der Waals surface area contributed by atoms with Crippen LogP contribution in [0.15, 0.2) is 53.7 Å². The Bertz CT molecular complexity index is 543. The second kappa shape index (κ2) is 6.07. The average Bonchev–Trinajstić information content (AvgIpc) is 2.38. The van der Waals surface area contributed by atoms with Gasteiger partial charge in [-0.25, -0.2) is 4.39 Å². The van der Waals surface area contributed by atoms with Gasteiger partial charge in [0.2, 0.25) is 0 Å². The van der Waals surface area contributed by atoms with Gasteiger partial charge < -0.3 is 0 Å². The highest BCUT2D eigenvalue weighted by molar-refractivity contribution is 7.99. The summed E-state index contributed by atoms with van der Waals surface area (Å²) < 4.78 is 13.2. The van der Waals surface area contributed by atoms with E-state index in [0.29, 0.717) is 11.3 Å². The van der Waals surface area contributed by atoms with E-state index in [1.54, 1.807) is 42.4 Å². The molecule has 0 N–H and O–H groups in total. The van der Waals surface area contributed by atoms with Crippen molar-refractivity contribution in [3.63, 3.8) is 0 Å². The zero-order chi connectivity index (χ0) is 11.9. The number of hydrogen-bond acceptors (Lipinski definition) is 2. The summed E-state index contributed by atoms with van der Waals surface area (Å²) in [5.41, 5.74) is 0.447. The van der Waals surface area contributed by atoms with Crippen LogP contribution in [0.5, 0.6) is 0 Å². The highest BCUT2D eigenvalue weighted by atomic mass is 32.2. The lowest BCUT2D eigenvalue weighted by Crippen LogP contribution is -1.81. The van der Waals surface area contributed by atoms with Gasteiger partial charge >= 0.3 is 0 Å². The molecule has 0 aliphatic heterocycles. The molecule has 1 nitrogen and oxygen atoms in total. The van der Waals surface area contributed by atoms with Gasteiger partial charge in [0.1, 0.15) is 5.82 Å². The maximum absolute atomic E-state index is 13.2. The summed E-state index contributed by atoms with van der Waals surface area (Å²) in [6, 6.07) is 10.4. The molecule has 1 aromatic heterocycles. The second-order valence-electron chi connectivity index (χ2n) is 3.25. The normalized spacial score (nSPS) is 9.47. The van der Waals surface area contributed by atoms with Crippen LogP contribution in [-0.4, -0.2) is 10.7 Å². The number of halogens is 1. The van der Waals surface area contributed by atoms with Crippen LogP contribution in [0.2, 0.25) is 0 Å². The molecule has 0 saturated heterocycles. The molecule has 0 radical (unpaired) electrons. The standard InChI is InChI=1S/C14H10FNS/c15-14-6-2-1-4-12(14)5-3-11-17-13-7-9-16-10-8-13/h1-2,4,6-10H,11H2. The molecule has 3 heteroatoms. The number of thioether (sulfide) groups is 1. The molecule has 0 spiro atoms. The molecule has 0 aliphatic rings. The number of pyridine rings is 1. The van der Waals surface area contributed by atoms with E-state index in [9.17, 15) is 4.39 Å². The predicted molar refractivity (Wildman–Crippen MR) is 68.2 cm³/mol. The lowest BCUT2D eigenvalue weighted by molar-refractivity contribution is 0.624. The fourth-order valence-electron chi connectivity index (χ4n) is 1.25. The SMILES string of the molecule is Fc1ccccc1C#CCSc1ccncc1. The van der Waals surface area contributed by atoms with E-state index < -0.39 is 0 Å². The van der Waals surface area contributed by atoms with Gasteiger partial charge in [0.15, 0.2) is 0 Å². The van der Waals surface area contributed by atoms with Crippen molar-refractivity contribution in [1.29, 1.82) is 0 Å². The van der Waals surface area contributed by atoms with Crippen molar-refractivity contribution in [3.05, 3.63) is 60.2 Å². The van der Waals surface area contributed by atoms with Gasteiger partial charge in [0.05, 0.1) is 11.3 Å². The van der Waals surface area contributed by atoms with Gasteiger partial charge in [-0.1, -0.05) is 24.0 Å². The number of aromatic nitrogens is 1. The quantitative estimate of drug-likeness (QED) is 0.592. The summed E-state index contributed by atoms with van der Waals surface area (Å²) in [7, 11) is 0. The monoisotopic (exact) mass is 243 g/mol. The average molecular weight is 243 g/mol. The Morgan fingerprint density at radius 2 is 1.88 bits per heavy atom. The first-order valence-electron chi connectivity index (χ1n) is 5.12. The lowest BCUT2D eigenvalue weighted by Gasteiger charge is -1.94. The number of hydrogen-bond donors (Lipinski definition) is 0. The Labute approximate surface area is 104 Å². The van der Waals surface area contributed by atoms with Crippen LogP contribution in [0, 0.1) is 17.7 Å². The molecule has 2 rings (SSSR count). The summed E-state index contributed by atoms with van der Waals surface area (Å²) >= 11 is 1.61. The van der Waals surface area contributed by atoms with Gasteiger partial charge in [-0.15, -0.1) is 11.8 Å². The zero-order valence-electron chi connectivity index (χ0n) is 9.06. The molecule has 0 bridgehead atoms. The van der Waals surface area contributed by atoms with Crippen LogP contribution < -0.4 is 0 Å². The van der Waals surface area contributed by atoms with Gasteiger partial charge in [-0.05, 0) is 24.3 Å². The van der Waals surface area contributed by atoms with Crippen molar-refractivity contribution < 1.29 is 4.39 Å². The predicted octanol–water partition coefficient (Wildman–Crippen LogP) is 3.36. The van der Waals surface area contributed by atoms with Crippen LogP contribution in [-0.2, 0) is 0 Å². The third kappa shape index (κ3) is 3.61. The van der Waals surface area contributed by atoms with Crippen molar-refractivity contribution in [3.8, 4) is 11.8 Å². The Balaban J connectivity index is 1.94. The van der Waals surface area contributed by atoms with E-state index in [0.717, 1.165) is 4.90 Å². The molecule has 84 valence electrons. The number of nitrogens with zero attached hydrogens (tertiary/aromatic N) is 1. The molecule has 2 aromatic rings. The highest BCUT2D eigenvalue weighted by Gasteiger charge is 1.94. The van der Waals surface area contributed by atoms with E-state index in [2.05, 4.69) is 16.8 Å². The van der Waals surface area contributed by atoms with Gasteiger partial charge in [0, 0.05) is 17.3 Å². The van der Waals surface area contributed by atoms with Crippen molar-refractivity contribution in [2.45, 2.75) is 4.90 Å². The third-order valence-electron chi connectivity index (χ3n) is 2.06. The summed E-state index contributed by atoms with van der Waals surface area (Å²) in [6.45, 7) is 0. The van der Waals surface area contributed by atoms with Crippen molar-refractivity contribution in [1.82, 2.24) is 4.98 Å². The van der Waals surface area contributed by atoms with Gasteiger partial charge in [-0.2, -0.15) is 0 Å². The lowest BCUT2D eigenvalue weighted by atomic mass is 10.2. The van der Waals surface area contributed by atoms with Crippen LogP contribution in [0.3, 0.4) is 0 Å². The Morgan fingerprint density at radius 1 is 1.12 bits per heavy atom. The molecule has 0 fully saturated rings. The summed E-state index contributed by atoms with van der Waals surface area (Å²) in [5, 5.41) is 0. The molecule has 0 amide bonds. The minimum atomic E-state index is -0.270. The van der Waals surface area contributed by atoms with Crippen LogP contribution in [0.4, 0.5) is 4.39 Å². The Hall–Kier alpha value is -1.79. The minimum absolute atomic E-state index is 0.270. The summed E-state index contributed by atoms with van der Waals surface area (Å²) in [6.07, 6.45) is 3.49. The topological polar surface area (TPSA) is 12.9 Å². The first-order valence-corrected chi connectivity index (χ1v) is 6.11. The molecule has 17 heavy (non-hydrogen) atoms. The molecule has 0 unspecified atom stereocenters. The molecule has 1 heterocycles. The minimum Gasteiger partial charge on any atom is -0.265 e. The van der Waals surface area contributed by atoms with Crippen LogP contribution in [0.1, 0.15) is 5.56 Å². The molecule has 0 atom stereocenters. The first kappa shape index (κ1) is 11.7. The van der Waals surface area contributed by atoms with Gasteiger partial charge in [-0.3, -0.25) is 4.98 Å². The Morgan fingerprint density at radius 3 is 2.65 bits per heavy atom. The van der Waals surface area contributed by atoms with Crippen molar-refractivity contribution in [2.75, 3.05) is 5.75 Å². The first-order chi connectivity index (χ1) is 8.36. The van der Waals surface area contributed by atoms with E-state index in [4.69, 9.17) is 0 Å². The van der Waals surface area contributed by atoms with E-state index in [1.807, 2.05) is 12.1 Å². The molecular weight excluding hydrogens is 233 g/mol. The van der Waals surface area contributed by atoms with E-state index >= 15 is 0 Å². The van der Waals surface area contributed by atoms with E-state index in [-0.39, 0.29) is 5.82 Å². The smallest absolute Gasteiger partial charge is 0.138 e. The molecule has 1 aromatic carbocycles. The third-order valence-corrected chi connectivity index (χ3v) is 2.95. The number of rotatable bonds is 2. The maximum Gasteiger partial charge on any atom is 0.138 e. The molecule has 0 saturated carbocycles. The number of benzene rings is 1. The van der Waals surface area contributed by atoms with Crippen LogP contribution >= 0.6 is 11.8 Å². The molecule has 0 aliphatic carbocycles.